The smallest absolute Gasteiger partial charge is 0.243 e. The molecule has 1 aromatic carbocycles. The number of nitrogens with zero attached hydrogens (tertiary/aromatic N) is 1. The van der Waals surface area contributed by atoms with Gasteiger partial charge in [-0.3, -0.25) is 5.84 Å². The number of nitrogens with two attached hydrogens (primary N) is 1. The van der Waals surface area contributed by atoms with Gasteiger partial charge in [-0.15, -0.1) is 11.3 Å². The van der Waals surface area contributed by atoms with Crippen molar-refractivity contribution in [3.05, 3.63) is 39.8 Å². The van der Waals surface area contributed by atoms with Crippen LogP contribution in [-0.4, -0.2) is 13.4 Å². The minimum Gasteiger partial charge on any atom is -0.323 e. The minimum atomic E-state index is -3.67. The van der Waals surface area contributed by atoms with E-state index in [0.29, 0.717) is 5.69 Å². The number of nitrogen functional groups attached to an aromatic ring is 1. The van der Waals surface area contributed by atoms with E-state index in [2.05, 4.69) is 15.1 Å². The van der Waals surface area contributed by atoms with Crippen LogP contribution in [0, 0.1) is 13.8 Å². The van der Waals surface area contributed by atoms with Crippen LogP contribution in [0.1, 0.15) is 28.5 Å². The Hall–Kier alpha value is -1.48. The lowest BCUT2D eigenvalue weighted by molar-refractivity contribution is 0.568. The van der Waals surface area contributed by atoms with Crippen molar-refractivity contribution >= 4 is 27.0 Å². The van der Waals surface area contributed by atoms with Gasteiger partial charge in [-0.05, 0) is 32.9 Å². The molecule has 6 nitrogen and oxygen atoms in total. The average Bonchev–Trinajstić information content (AvgIpc) is 2.77. The highest BCUT2D eigenvalue weighted by atomic mass is 32.2. The second-order valence-corrected chi connectivity index (χ2v) is 7.58. The van der Waals surface area contributed by atoms with Gasteiger partial charge in [0.05, 0.1) is 22.4 Å². The first kappa shape index (κ1) is 15.9. The fourth-order valence-corrected chi connectivity index (χ4v) is 4.51. The summed E-state index contributed by atoms with van der Waals surface area (Å²) in [6, 6.07) is 6.14. The molecule has 0 spiro atoms. The summed E-state index contributed by atoms with van der Waals surface area (Å²) in [5, 5.41) is 0.914. The largest absolute Gasteiger partial charge is 0.323 e. The van der Waals surface area contributed by atoms with E-state index in [-0.39, 0.29) is 10.9 Å². The molecule has 1 aromatic heterocycles. The van der Waals surface area contributed by atoms with E-state index >= 15 is 0 Å². The number of anilines is 1. The molecule has 1 atom stereocenters. The van der Waals surface area contributed by atoms with Gasteiger partial charge in [0.25, 0.3) is 0 Å². The first-order valence-electron chi connectivity index (χ1n) is 6.37. The number of benzene rings is 1. The monoisotopic (exact) mass is 326 g/mol. The van der Waals surface area contributed by atoms with Gasteiger partial charge in [0.2, 0.25) is 10.0 Å². The second-order valence-electron chi connectivity index (χ2n) is 4.67. The number of sulfonamides is 1. The molecule has 0 saturated heterocycles. The topological polar surface area (TPSA) is 97.1 Å². The number of hydrogen-bond donors (Lipinski definition) is 3. The fraction of sp³-hybridized carbons (Fsp3) is 0.308. The van der Waals surface area contributed by atoms with Crippen LogP contribution in [0.4, 0.5) is 5.69 Å². The highest BCUT2D eigenvalue weighted by Gasteiger charge is 2.23. The van der Waals surface area contributed by atoms with Crippen molar-refractivity contribution in [2.24, 2.45) is 5.84 Å². The minimum absolute atomic E-state index is 0.123. The van der Waals surface area contributed by atoms with Crippen LogP contribution < -0.4 is 16.0 Å². The SMILES string of the molecule is Cc1nc(C)c(C(C)NS(=O)(=O)c2ccccc2NN)s1. The zero-order valence-corrected chi connectivity index (χ0v) is 13.7. The summed E-state index contributed by atoms with van der Waals surface area (Å²) in [5.74, 6) is 5.37. The van der Waals surface area contributed by atoms with Gasteiger partial charge < -0.3 is 5.43 Å². The maximum Gasteiger partial charge on any atom is 0.243 e. The Morgan fingerprint density at radius 3 is 2.52 bits per heavy atom. The van der Waals surface area contributed by atoms with Gasteiger partial charge in [0.15, 0.2) is 0 Å². The van der Waals surface area contributed by atoms with Crippen molar-refractivity contribution in [3.8, 4) is 0 Å². The summed E-state index contributed by atoms with van der Waals surface area (Å²) in [6.45, 7) is 5.57. The van der Waals surface area contributed by atoms with Crippen LogP contribution >= 0.6 is 11.3 Å². The first-order chi connectivity index (χ1) is 9.85. The molecule has 0 aliphatic carbocycles. The molecule has 2 rings (SSSR count). The summed E-state index contributed by atoms with van der Waals surface area (Å²) in [7, 11) is -3.67. The molecular formula is C13H18N4O2S2. The molecule has 0 saturated carbocycles. The summed E-state index contributed by atoms with van der Waals surface area (Å²) in [4.78, 5) is 5.35. The standard InChI is InChI=1S/C13H18N4O2S2/c1-8-13(20-10(3)15-8)9(2)17-21(18,19)12-7-5-4-6-11(12)16-14/h4-7,9,16-17H,14H2,1-3H3. The van der Waals surface area contributed by atoms with Crippen molar-refractivity contribution in [1.82, 2.24) is 9.71 Å². The van der Waals surface area contributed by atoms with Crippen LogP contribution in [0.2, 0.25) is 0 Å². The van der Waals surface area contributed by atoms with E-state index < -0.39 is 10.0 Å². The van der Waals surface area contributed by atoms with E-state index in [9.17, 15) is 8.42 Å². The summed E-state index contributed by atoms with van der Waals surface area (Å²) in [5.41, 5.74) is 3.60. The molecule has 114 valence electrons. The Labute approximate surface area is 128 Å². The number of aryl methyl sites for hydroxylation is 2. The van der Waals surface area contributed by atoms with E-state index in [0.717, 1.165) is 15.6 Å². The third kappa shape index (κ3) is 3.41. The van der Waals surface area contributed by atoms with Crippen LogP contribution in [0.15, 0.2) is 29.2 Å². The maximum absolute atomic E-state index is 12.5. The molecular weight excluding hydrogens is 308 g/mol. The second kappa shape index (κ2) is 6.10. The Morgan fingerprint density at radius 2 is 1.95 bits per heavy atom. The molecule has 0 aliphatic rings. The summed E-state index contributed by atoms with van der Waals surface area (Å²) < 4.78 is 27.6. The Morgan fingerprint density at radius 1 is 1.29 bits per heavy atom. The summed E-state index contributed by atoms with van der Waals surface area (Å²) >= 11 is 1.49. The predicted molar refractivity (Wildman–Crippen MR) is 84.6 cm³/mol. The lowest BCUT2D eigenvalue weighted by atomic mass is 10.2. The van der Waals surface area contributed by atoms with Gasteiger partial charge in [0, 0.05) is 4.88 Å². The van der Waals surface area contributed by atoms with Crippen molar-refractivity contribution in [2.45, 2.75) is 31.7 Å². The number of nitrogens with one attached hydrogen (secondary N) is 2. The van der Waals surface area contributed by atoms with Crippen molar-refractivity contribution in [3.63, 3.8) is 0 Å². The van der Waals surface area contributed by atoms with E-state index in [4.69, 9.17) is 5.84 Å². The Kier molecular flexibility index (Phi) is 4.62. The summed E-state index contributed by atoms with van der Waals surface area (Å²) in [6.07, 6.45) is 0. The number of rotatable bonds is 5. The van der Waals surface area contributed by atoms with Crippen LogP contribution in [0.5, 0.6) is 0 Å². The molecule has 1 heterocycles. The Bertz CT molecular complexity index is 740. The van der Waals surface area contributed by atoms with Crippen LogP contribution in [0.25, 0.3) is 0 Å². The normalized spacial score (nSPS) is 13.1. The lowest BCUT2D eigenvalue weighted by Crippen LogP contribution is -2.28. The molecule has 8 heteroatoms. The molecule has 0 bridgehead atoms. The molecule has 2 aromatic rings. The van der Waals surface area contributed by atoms with Crippen LogP contribution in [-0.2, 0) is 10.0 Å². The van der Waals surface area contributed by atoms with Crippen molar-refractivity contribution in [2.75, 3.05) is 5.43 Å². The molecule has 0 amide bonds. The zero-order valence-electron chi connectivity index (χ0n) is 12.0. The molecule has 0 radical (unpaired) electrons. The number of hydrogen-bond acceptors (Lipinski definition) is 6. The third-order valence-corrected chi connectivity index (χ3v) is 5.85. The number of aromatic nitrogens is 1. The van der Waals surface area contributed by atoms with E-state index in [1.165, 1.54) is 17.4 Å². The number of hydrazine groups is 1. The maximum atomic E-state index is 12.5. The van der Waals surface area contributed by atoms with Crippen molar-refractivity contribution < 1.29 is 8.42 Å². The van der Waals surface area contributed by atoms with Gasteiger partial charge in [-0.1, -0.05) is 12.1 Å². The molecule has 4 N–H and O–H groups in total. The Balaban J connectivity index is 2.31. The van der Waals surface area contributed by atoms with E-state index in [1.54, 1.807) is 25.1 Å². The van der Waals surface area contributed by atoms with Crippen molar-refractivity contribution in [1.29, 1.82) is 0 Å². The van der Waals surface area contributed by atoms with Gasteiger partial charge >= 0.3 is 0 Å². The first-order valence-corrected chi connectivity index (χ1v) is 8.67. The third-order valence-electron chi connectivity index (χ3n) is 3.00. The molecule has 21 heavy (non-hydrogen) atoms. The van der Waals surface area contributed by atoms with Gasteiger partial charge in [-0.2, -0.15) is 0 Å². The van der Waals surface area contributed by atoms with Gasteiger partial charge in [0.1, 0.15) is 4.90 Å². The molecule has 0 aliphatic heterocycles. The fourth-order valence-electron chi connectivity index (χ4n) is 2.12. The quantitative estimate of drug-likeness (QED) is 0.577. The number of para-hydroxylation sites is 1. The lowest BCUT2D eigenvalue weighted by Gasteiger charge is -2.15. The van der Waals surface area contributed by atoms with E-state index in [1.807, 2.05) is 13.8 Å². The molecule has 1 unspecified atom stereocenters. The molecule has 0 fully saturated rings. The van der Waals surface area contributed by atoms with Crippen LogP contribution in [0.3, 0.4) is 0 Å². The predicted octanol–water partition coefficient (Wildman–Crippen LogP) is 2.09. The number of thiazole rings is 1. The zero-order chi connectivity index (χ0) is 15.6. The van der Waals surface area contributed by atoms with Gasteiger partial charge in [-0.25, -0.2) is 18.1 Å². The average molecular weight is 326 g/mol. The highest BCUT2D eigenvalue weighted by Crippen LogP contribution is 2.27. The highest BCUT2D eigenvalue weighted by molar-refractivity contribution is 7.89.